The molecule has 2 heterocycles. The fourth-order valence-corrected chi connectivity index (χ4v) is 4.94. The highest BCUT2D eigenvalue weighted by atomic mass is 32.1. The third-order valence-corrected chi connectivity index (χ3v) is 6.70. The first kappa shape index (κ1) is 26.8. The number of rotatable bonds is 12. The molecule has 190 valence electrons. The lowest BCUT2D eigenvalue weighted by molar-refractivity contribution is -0.124. The van der Waals surface area contributed by atoms with E-state index >= 15 is 0 Å². The molecule has 1 amide bonds. The van der Waals surface area contributed by atoms with Gasteiger partial charge in [-0.15, -0.1) is 11.3 Å². The Morgan fingerprint density at radius 3 is 2.60 bits per heavy atom. The zero-order valence-electron chi connectivity index (χ0n) is 20.9. The Morgan fingerprint density at radius 1 is 1.23 bits per heavy atom. The molecule has 0 aliphatic rings. The predicted molar refractivity (Wildman–Crippen MR) is 135 cm³/mol. The number of ether oxygens (including phenoxy) is 1. The highest BCUT2D eigenvalue weighted by molar-refractivity contribution is 7.15. The van der Waals surface area contributed by atoms with Gasteiger partial charge in [0, 0.05) is 23.5 Å². The molecule has 0 saturated carbocycles. The Hall–Kier alpha value is -2.79. The van der Waals surface area contributed by atoms with Crippen LogP contribution < -0.4 is 10.1 Å². The molecule has 0 bridgehead atoms. The molecule has 3 N–H and O–H groups in total. The Balaban J connectivity index is 1.70. The number of aliphatic hydroxyl groups excluding tert-OH is 2. The van der Waals surface area contributed by atoms with E-state index in [1.165, 1.54) is 10.4 Å². The number of nitrogens with one attached hydrogen (secondary N) is 1. The van der Waals surface area contributed by atoms with Crippen LogP contribution in [0.3, 0.4) is 0 Å². The zero-order valence-corrected chi connectivity index (χ0v) is 21.7. The van der Waals surface area contributed by atoms with Gasteiger partial charge in [0.05, 0.1) is 4.88 Å². The highest BCUT2D eigenvalue weighted by Gasteiger charge is 2.18. The second kappa shape index (κ2) is 12.3. The van der Waals surface area contributed by atoms with Crippen molar-refractivity contribution in [2.24, 2.45) is 0 Å². The second-order valence-corrected chi connectivity index (χ2v) is 9.88. The van der Waals surface area contributed by atoms with Crippen molar-refractivity contribution in [2.45, 2.75) is 46.8 Å². The minimum Gasteiger partial charge on any atom is -0.490 e. The van der Waals surface area contributed by atoms with Gasteiger partial charge in [-0.25, -0.2) is 0 Å². The summed E-state index contributed by atoms with van der Waals surface area (Å²) in [5.41, 5.74) is 3.77. The van der Waals surface area contributed by atoms with Crippen molar-refractivity contribution in [3.05, 3.63) is 39.8 Å². The maximum atomic E-state index is 11.1. The van der Waals surface area contributed by atoms with Crippen LogP contribution in [0.25, 0.3) is 22.2 Å². The van der Waals surface area contributed by atoms with E-state index in [0.29, 0.717) is 17.5 Å². The number of hydrogen-bond donors (Lipinski definition) is 3. The summed E-state index contributed by atoms with van der Waals surface area (Å²) in [5.74, 6) is 1.11. The molecule has 0 aliphatic heterocycles. The summed E-state index contributed by atoms with van der Waals surface area (Å²) in [6, 6.07) is 5.93. The molecule has 35 heavy (non-hydrogen) atoms. The number of nitrogens with zero attached hydrogens (tertiary/aromatic N) is 3. The minimum atomic E-state index is -0.898. The quantitative estimate of drug-likeness (QED) is 0.346. The molecule has 1 aromatic carbocycles. The number of carbonyl (C=O) groups excluding carboxylic acids is 1. The molecular weight excluding hydrogens is 468 g/mol. The van der Waals surface area contributed by atoms with Crippen molar-refractivity contribution < 1.29 is 24.3 Å². The third kappa shape index (κ3) is 7.11. The van der Waals surface area contributed by atoms with E-state index in [2.05, 4.69) is 47.3 Å². The van der Waals surface area contributed by atoms with Crippen LogP contribution in [0.2, 0.25) is 0 Å². The summed E-state index contributed by atoms with van der Waals surface area (Å²) in [7, 11) is 2.13. The topological polar surface area (TPSA) is 121 Å². The molecule has 10 heteroatoms. The summed E-state index contributed by atoms with van der Waals surface area (Å²) in [4.78, 5) is 20.3. The molecule has 1 atom stereocenters. The molecule has 9 nitrogen and oxygen atoms in total. The Labute approximate surface area is 209 Å². The first-order chi connectivity index (χ1) is 16.7. The maximum Gasteiger partial charge on any atom is 0.268 e. The van der Waals surface area contributed by atoms with Gasteiger partial charge in [-0.1, -0.05) is 12.1 Å². The number of aliphatic hydroxyl groups is 2. The highest BCUT2D eigenvalue weighted by Crippen LogP contribution is 2.34. The molecule has 2 aromatic heterocycles. The second-order valence-electron chi connectivity index (χ2n) is 8.74. The summed E-state index contributed by atoms with van der Waals surface area (Å²) in [6.45, 7) is 9.44. The summed E-state index contributed by atoms with van der Waals surface area (Å²) < 4.78 is 11.4. The normalized spacial score (nSPS) is 12.2. The smallest absolute Gasteiger partial charge is 0.268 e. The van der Waals surface area contributed by atoms with Crippen molar-refractivity contribution >= 4 is 17.2 Å². The molecule has 0 saturated heterocycles. The number of benzene rings is 1. The number of amides is 1. The van der Waals surface area contributed by atoms with Gasteiger partial charge in [-0.3, -0.25) is 4.79 Å². The summed E-state index contributed by atoms with van der Waals surface area (Å²) >= 11 is 1.68. The average Bonchev–Trinajstić information content (AvgIpc) is 3.44. The van der Waals surface area contributed by atoms with Gasteiger partial charge in [-0.05, 0) is 75.7 Å². The minimum absolute atomic E-state index is 0.00000823. The molecule has 3 rings (SSSR count). The van der Waals surface area contributed by atoms with E-state index in [1.807, 2.05) is 26.0 Å². The van der Waals surface area contributed by atoms with E-state index in [4.69, 9.17) is 14.4 Å². The fraction of sp³-hybridized carbons (Fsp3) is 0.480. The lowest BCUT2D eigenvalue weighted by atomic mass is 10.1. The van der Waals surface area contributed by atoms with Gasteiger partial charge in [-0.2, -0.15) is 4.98 Å². The number of aryl methyl sites for hydroxylation is 3. The lowest BCUT2D eigenvalue weighted by Crippen LogP contribution is -2.36. The number of carbonyl (C=O) groups is 1. The molecule has 0 radical (unpaired) electrons. The maximum absolute atomic E-state index is 11.1. The number of hydrogen-bond acceptors (Lipinski definition) is 9. The van der Waals surface area contributed by atoms with Crippen LogP contribution in [0.5, 0.6) is 5.75 Å². The lowest BCUT2D eigenvalue weighted by Gasteiger charge is -2.16. The molecule has 3 aromatic rings. The van der Waals surface area contributed by atoms with Crippen LogP contribution in [-0.4, -0.2) is 70.6 Å². The van der Waals surface area contributed by atoms with Crippen LogP contribution in [0, 0.1) is 20.8 Å². The summed E-state index contributed by atoms with van der Waals surface area (Å²) in [5, 5.41) is 25.4. The number of thiophene rings is 1. The Kier molecular flexibility index (Phi) is 9.39. The molecule has 0 unspecified atom stereocenters. The molecule has 0 spiro atoms. The van der Waals surface area contributed by atoms with Crippen LogP contribution in [0.4, 0.5) is 0 Å². The number of aromatic nitrogens is 2. The van der Waals surface area contributed by atoms with Crippen LogP contribution >= 0.6 is 11.3 Å². The SMILES string of the molecule is CCCN(C)Cc1sc(-c2nc(-c3cc(C)c(OC[C@H](O)CNC(=O)CO)c(C)c3)no2)cc1C. The van der Waals surface area contributed by atoms with Crippen molar-refractivity contribution in [1.82, 2.24) is 20.4 Å². The van der Waals surface area contributed by atoms with Crippen LogP contribution in [-0.2, 0) is 11.3 Å². The van der Waals surface area contributed by atoms with Crippen molar-refractivity contribution in [3.63, 3.8) is 0 Å². The van der Waals surface area contributed by atoms with Crippen LogP contribution in [0.15, 0.2) is 22.7 Å². The van der Waals surface area contributed by atoms with Gasteiger partial charge in [0.1, 0.15) is 25.1 Å². The third-order valence-electron chi connectivity index (χ3n) is 5.49. The first-order valence-corrected chi connectivity index (χ1v) is 12.4. The van der Waals surface area contributed by atoms with Gasteiger partial charge in [0.2, 0.25) is 11.7 Å². The standard InChI is InChI=1S/C25H34N4O5S/c1-6-7-29(5)12-21-15(2)10-20(35-21)25-27-24(28-34-25)18-8-16(3)23(17(4)9-18)33-14-19(31)11-26-22(32)13-30/h8-10,19,30-31H,6-7,11-14H2,1-5H3,(H,26,32)/t19-/m1/s1. The first-order valence-electron chi connectivity index (χ1n) is 11.6. The van der Waals surface area contributed by atoms with Gasteiger partial charge in [0.15, 0.2) is 0 Å². The molecule has 0 aliphatic carbocycles. The van der Waals surface area contributed by atoms with Crippen molar-refractivity contribution in [2.75, 3.05) is 33.4 Å². The van der Waals surface area contributed by atoms with Gasteiger partial charge >= 0.3 is 0 Å². The average molecular weight is 503 g/mol. The van der Waals surface area contributed by atoms with E-state index in [1.54, 1.807) is 11.3 Å². The monoisotopic (exact) mass is 502 g/mol. The van der Waals surface area contributed by atoms with E-state index < -0.39 is 18.6 Å². The van der Waals surface area contributed by atoms with E-state index in [-0.39, 0.29) is 13.2 Å². The van der Waals surface area contributed by atoms with Crippen molar-refractivity contribution in [1.29, 1.82) is 0 Å². The Morgan fingerprint density at radius 2 is 1.94 bits per heavy atom. The van der Waals surface area contributed by atoms with Crippen LogP contribution in [0.1, 0.15) is 34.9 Å². The Bertz CT molecular complexity index is 1120. The van der Waals surface area contributed by atoms with Crippen molar-refractivity contribution in [3.8, 4) is 27.9 Å². The fourth-order valence-electron chi connectivity index (χ4n) is 3.76. The molecular formula is C25H34N4O5S. The van der Waals surface area contributed by atoms with E-state index in [9.17, 15) is 9.90 Å². The van der Waals surface area contributed by atoms with Gasteiger partial charge < -0.3 is 29.7 Å². The predicted octanol–water partition coefficient (Wildman–Crippen LogP) is 3.08. The molecule has 0 fully saturated rings. The summed E-state index contributed by atoms with van der Waals surface area (Å²) in [6.07, 6.45) is 0.219. The largest absolute Gasteiger partial charge is 0.490 e. The van der Waals surface area contributed by atoms with E-state index in [0.717, 1.165) is 41.1 Å². The zero-order chi connectivity index (χ0) is 25.5. The van der Waals surface area contributed by atoms with Gasteiger partial charge in [0.25, 0.3) is 5.89 Å².